The van der Waals surface area contributed by atoms with Crippen LogP contribution in [0, 0.1) is 0 Å². The summed E-state index contributed by atoms with van der Waals surface area (Å²) in [6.45, 7) is 4.32. The third-order valence-electron chi connectivity index (χ3n) is 1.46. The van der Waals surface area contributed by atoms with Gasteiger partial charge in [-0.05, 0) is 19.5 Å². The average Bonchev–Trinajstić information content (AvgIpc) is 2.14. The van der Waals surface area contributed by atoms with Crippen molar-refractivity contribution in [2.24, 2.45) is 0 Å². The van der Waals surface area contributed by atoms with Crippen LogP contribution in [0.2, 0.25) is 0 Å². The number of carbonyl (C=O) groups excluding carboxylic acids is 1. The van der Waals surface area contributed by atoms with Gasteiger partial charge in [0.05, 0.1) is 0 Å². The van der Waals surface area contributed by atoms with Gasteiger partial charge >= 0.3 is 5.97 Å². The fraction of sp³-hybridized carbons (Fsp3) is 0.556. The fourth-order valence-electron chi connectivity index (χ4n) is 0.808. The minimum atomic E-state index is -1.12. The van der Waals surface area contributed by atoms with Gasteiger partial charge in [0, 0.05) is 18.7 Å². The number of rotatable bonds is 7. The summed E-state index contributed by atoms with van der Waals surface area (Å²) in [4.78, 5) is 20.9. The molecule has 0 aliphatic rings. The number of nitrogens with one attached hydrogen (secondary N) is 2. The Morgan fingerprint density at radius 1 is 1.29 bits per heavy atom. The third kappa shape index (κ3) is 8.73. The molecular formula is C9H16N2O3. The van der Waals surface area contributed by atoms with Gasteiger partial charge in [0.25, 0.3) is 0 Å². The van der Waals surface area contributed by atoms with Crippen molar-refractivity contribution in [3.63, 3.8) is 0 Å². The van der Waals surface area contributed by atoms with Gasteiger partial charge in [0.1, 0.15) is 0 Å². The summed E-state index contributed by atoms with van der Waals surface area (Å²) in [6, 6.07) is 0. The Labute approximate surface area is 83.2 Å². The van der Waals surface area contributed by atoms with Gasteiger partial charge in [-0.15, -0.1) is 0 Å². The van der Waals surface area contributed by atoms with E-state index < -0.39 is 5.97 Å². The van der Waals surface area contributed by atoms with Gasteiger partial charge < -0.3 is 15.7 Å². The molecule has 0 bridgehead atoms. The average molecular weight is 200 g/mol. The molecule has 80 valence electrons. The van der Waals surface area contributed by atoms with Crippen LogP contribution in [0.3, 0.4) is 0 Å². The number of hydrogen-bond donors (Lipinski definition) is 3. The highest BCUT2D eigenvalue weighted by atomic mass is 16.4. The van der Waals surface area contributed by atoms with Gasteiger partial charge in [0.15, 0.2) is 0 Å². The summed E-state index contributed by atoms with van der Waals surface area (Å²) in [5.41, 5.74) is 0. The molecule has 0 saturated carbocycles. The van der Waals surface area contributed by atoms with E-state index in [1.165, 1.54) is 0 Å². The third-order valence-corrected chi connectivity index (χ3v) is 1.46. The van der Waals surface area contributed by atoms with Gasteiger partial charge in [-0.25, -0.2) is 4.79 Å². The lowest BCUT2D eigenvalue weighted by Crippen LogP contribution is -2.25. The molecule has 3 N–H and O–H groups in total. The Hall–Kier alpha value is -1.36. The zero-order valence-electron chi connectivity index (χ0n) is 8.25. The highest BCUT2D eigenvalue weighted by molar-refractivity contribution is 5.93. The first-order valence-corrected chi connectivity index (χ1v) is 4.56. The van der Waals surface area contributed by atoms with Gasteiger partial charge in [-0.1, -0.05) is 6.92 Å². The molecule has 0 unspecified atom stereocenters. The zero-order valence-corrected chi connectivity index (χ0v) is 8.25. The van der Waals surface area contributed by atoms with Crippen molar-refractivity contribution < 1.29 is 14.7 Å². The molecule has 14 heavy (non-hydrogen) atoms. The van der Waals surface area contributed by atoms with Crippen molar-refractivity contribution in [2.75, 3.05) is 19.6 Å². The Kier molecular flexibility index (Phi) is 7.45. The zero-order chi connectivity index (χ0) is 10.8. The summed E-state index contributed by atoms with van der Waals surface area (Å²) in [5, 5.41) is 13.9. The second kappa shape index (κ2) is 8.25. The molecule has 0 aliphatic carbocycles. The lowest BCUT2D eigenvalue weighted by molar-refractivity contribution is -0.131. The van der Waals surface area contributed by atoms with Crippen LogP contribution in [0.1, 0.15) is 13.3 Å². The second-order valence-electron chi connectivity index (χ2n) is 2.67. The first-order chi connectivity index (χ1) is 6.66. The minimum Gasteiger partial charge on any atom is -0.478 e. The van der Waals surface area contributed by atoms with Crippen LogP contribution in [0.25, 0.3) is 0 Å². The predicted octanol–water partition coefficient (Wildman–Crippen LogP) is -0.257. The molecule has 0 radical (unpaired) electrons. The smallest absolute Gasteiger partial charge is 0.328 e. The molecule has 0 heterocycles. The van der Waals surface area contributed by atoms with E-state index in [0.29, 0.717) is 6.54 Å². The first kappa shape index (κ1) is 12.6. The molecule has 0 spiro atoms. The Morgan fingerprint density at radius 2 is 2.00 bits per heavy atom. The molecule has 5 nitrogen and oxygen atoms in total. The second-order valence-corrected chi connectivity index (χ2v) is 2.67. The molecule has 5 heteroatoms. The number of aliphatic carboxylic acids is 1. The maximum atomic E-state index is 10.9. The SMILES string of the molecule is CCNCCCNC(=O)C=CC(=O)O. The van der Waals surface area contributed by atoms with E-state index in [0.717, 1.165) is 31.7 Å². The highest BCUT2D eigenvalue weighted by Gasteiger charge is 1.95. The van der Waals surface area contributed by atoms with Crippen molar-refractivity contribution >= 4 is 11.9 Å². The topological polar surface area (TPSA) is 78.4 Å². The molecule has 0 rings (SSSR count). The summed E-state index contributed by atoms with van der Waals surface area (Å²) >= 11 is 0. The fourth-order valence-corrected chi connectivity index (χ4v) is 0.808. The number of carboxylic acids is 1. The van der Waals surface area contributed by atoms with E-state index in [-0.39, 0.29) is 5.91 Å². The van der Waals surface area contributed by atoms with Crippen molar-refractivity contribution in [2.45, 2.75) is 13.3 Å². The maximum Gasteiger partial charge on any atom is 0.328 e. The van der Waals surface area contributed by atoms with Crippen LogP contribution < -0.4 is 10.6 Å². The molecule has 0 saturated heterocycles. The maximum absolute atomic E-state index is 10.9. The monoisotopic (exact) mass is 200 g/mol. The predicted molar refractivity (Wildman–Crippen MR) is 52.9 cm³/mol. The number of amides is 1. The van der Waals surface area contributed by atoms with E-state index in [9.17, 15) is 9.59 Å². The minimum absolute atomic E-state index is 0.371. The molecule has 0 fully saturated rings. The van der Waals surface area contributed by atoms with Gasteiger partial charge in [-0.3, -0.25) is 4.79 Å². The summed E-state index contributed by atoms with van der Waals surface area (Å²) in [5.74, 6) is -1.49. The molecule has 0 atom stereocenters. The van der Waals surface area contributed by atoms with Crippen LogP contribution in [0.15, 0.2) is 12.2 Å². The van der Waals surface area contributed by atoms with Gasteiger partial charge in [-0.2, -0.15) is 0 Å². The molecule has 0 aromatic carbocycles. The van der Waals surface area contributed by atoms with E-state index in [4.69, 9.17) is 5.11 Å². The van der Waals surface area contributed by atoms with E-state index in [1.807, 2.05) is 6.92 Å². The standard InChI is InChI=1S/C9H16N2O3/c1-2-10-6-3-7-11-8(12)4-5-9(13)14/h4-5,10H,2-3,6-7H2,1H3,(H,11,12)(H,13,14). The molecule has 0 aromatic rings. The van der Waals surface area contributed by atoms with Crippen LogP contribution in [-0.2, 0) is 9.59 Å². The van der Waals surface area contributed by atoms with E-state index in [2.05, 4.69) is 10.6 Å². The number of hydrogen-bond acceptors (Lipinski definition) is 3. The van der Waals surface area contributed by atoms with Crippen molar-refractivity contribution in [1.82, 2.24) is 10.6 Å². The lowest BCUT2D eigenvalue weighted by atomic mass is 10.4. The molecule has 0 aliphatic heterocycles. The van der Waals surface area contributed by atoms with Crippen molar-refractivity contribution in [1.29, 1.82) is 0 Å². The normalized spacial score (nSPS) is 10.4. The summed E-state index contributed by atoms with van der Waals surface area (Å²) in [6.07, 6.45) is 2.66. The van der Waals surface area contributed by atoms with E-state index in [1.54, 1.807) is 0 Å². The van der Waals surface area contributed by atoms with Crippen LogP contribution in [0.5, 0.6) is 0 Å². The molecule has 0 aromatic heterocycles. The summed E-state index contributed by atoms with van der Waals surface area (Å²) < 4.78 is 0. The highest BCUT2D eigenvalue weighted by Crippen LogP contribution is 1.77. The Bertz CT molecular complexity index is 214. The molecular weight excluding hydrogens is 184 g/mol. The van der Waals surface area contributed by atoms with Crippen LogP contribution in [0.4, 0.5) is 0 Å². The largest absolute Gasteiger partial charge is 0.478 e. The number of carbonyl (C=O) groups is 2. The summed E-state index contributed by atoms with van der Waals surface area (Å²) in [7, 11) is 0. The quantitative estimate of drug-likeness (QED) is 0.391. The lowest BCUT2D eigenvalue weighted by Gasteiger charge is -2.02. The first-order valence-electron chi connectivity index (χ1n) is 4.56. The van der Waals surface area contributed by atoms with Crippen LogP contribution >= 0.6 is 0 Å². The van der Waals surface area contributed by atoms with Crippen LogP contribution in [-0.4, -0.2) is 36.6 Å². The van der Waals surface area contributed by atoms with Gasteiger partial charge in [0.2, 0.25) is 5.91 Å². The van der Waals surface area contributed by atoms with Crippen molar-refractivity contribution in [3.05, 3.63) is 12.2 Å². The Balaban J connectivity index is 3.40. The number of carboxylic acid groups (broad SMARTS) is 1. The molecule has 1 amide bonds. The van der Waals surface area contributed by atoms with E-state index >= 15 is 0 Å². The van der Waals surface area contributed by atoms with Crippen molar-refractivity contribution in [3.8, 4) is 0 Å². The Morgan fingerprint density at radius 3 is 2.57 bits per heavy atom.